The van der Waals surface area contributed by atoms with Crippen LogP contribution in [-0.2, 0) is 5.41 Å². The third-order valence-electron chi connectivity index (χ3n) is 13.4. The van der Waals surface area contributed by atoms with E-state index in [4.69, 9.17) is 0 Å². The smallest absolute Gasteiger partial charge is 0.115 e. The predicted octanol–water partition coefficient (Wildman–Crippen LogP) is 14.6. The van der Waals surface area contributed by atoms with Crippen molar-refractivity contribution in [2.24, 2.45) is 0 Å². The van der Waals surface area contributed by atoms with Gasteiger partial charge in [0, 0.05) is 0 Å². The molecule has 0 amide bonds. The molecule has 12 aromatic carbocycles. The zero-order valence-electron chi connectivity index (χ0n) is 31.9. The minimum Gasteiger partial charge on any atom is -0.508 e. The Balaban J connectivity index is 1.20. The van der Waals surface area contributed by atoms with Crippen molar-refractivity contribution in [2.75, 3.05) is 0 Å². The third-order valence-corrected chi connectivity index (χ3v) is 13.4. The van der Waals surface area contributed by atoms with Crippen molar-refractivity contribution in [3.8, 4) is 44.9 Å². The number of hydrogen-bond acceptors (Lipinski definition) is 2. The van der Waals surface area contributed by atoms with Gasteiger partial charge in [-0.2, -0.15) is 0 Å². The normalized spacial score (nSPS) is 13.4. The molecule has 1 aliphatic rings. The maximum atomic E-state index is 10.8. The van der Waals surface area contributed by atoms with Gasteiger partial charge in [0.05, 0.1) is 5.41 Å². The number of phenols is 2. The van der Waals surface area contributed by atoms with E-state index in [0.717, 1.165) is 22.3 Å². The maximum absolute atomic E-state index is 10.8. The van der Waals surface area contributed by atoms with Gasteiger partial charge in [0.15, 0.2) is 0 Å². The van der Waals surface area contributed by atoms with Crippen LogP contribution in [0.5, 0.6) is 11.5 Å². The van der Waals surface area contributed by atoms with E-state index in [1.54, 1.807) is 0 Å². The lowest BCUT2D eigenvalue weighted by Gasteiger charge is -2.37. The van der Waals surface area contributed by atoms with Crippen LogP contribution in [0.2, 0.25) is 0 Å². The van der Waals surface area contributed by atoms with Crippen LogP contribution in [0.1, 0.15) is 22.3 Å². The minimum absolute atomic E-state index is 0.216. The molecule has 0 heterocycles. The number of aromatic hydroxyl groups is 2. The highest BCUT2D eigenvalue weighted by atomic mass is 16.3. The summed E-state index contributed by atoms with van der Waals surface area (Å²) in [7, 11) is 0. The van der Waals surface area contributed by atoms with Gasteiger partial charge in [-0.25, -0.2) is 0 Å². The molecule has 59 heavy (non-hydrogen) atoms. The second kappa shape index (κ2) is 11.7. The van der Waals surface area contributed by atoms with Crippen LogP contribution < -0.4 is 0 Å². The van der Waals surface area contributed by atoms with Crippen molar-refractivity contribution in [3.05, 3.63) is 216 Å². The Morgan fingerprint density at radius 3 is 0.949 bits per heavy atom. The summed E-state index contributed by atoms with van der Waals surface area (Å²) in [6.45, 7) is 0. The molecule has 2 nitrogen and oxygen atoms in total. The fourth-order valence-electron chi connectivity index (χ4n) is 11.0. The van der Waals surface area contributed by atoms with Gasteiger partial charge in [-0.15, -0.1) is 0 Å². The molecule has 274 valence electrons. The van der Waals surface area contributed by atoms with Gasteiger partial charge in [-0.3, -0.25) is 0 Å². The van der Waals surface area contributed by atoms with Crippen LogP contribution in [0, 0.1) is 0 Å². The Hall–Kier alpha value is -7.68. The van der Waals surface area contributed by atoms with E-state index in [-0.39, 0.29) is 11.5 Å². The van der Waals surface area contributed by atoms with Crippen LogP contribution in [0.25, 0.3) is 98.0 Å². The van der Waals surface area contributed by atoms with Gasteiger partial charge in [0.25, 0.3) is 0 Å². The Morgan fingerprint density at radius 1 is 0.254 bits per heavy atom. The standard InChI is InChI=1S/C57H34O2/c58-41-25-21-39(22-26-41)57(40-23-27-42(59)28-24-40)55-47(43-29-17-37-15-13-33-5-1-7-35-19-31-45(43)53(37)51(33)35)9-3-11-49(55)50-12-4-10-48(56(50)57)44-30-18-38-16-14-34-6-2-8-36-20-32-46(44)54(38)52(34)36/h1-32,58-59H. The molecule has 13 rings (SSSR count). The molecule has 2 N–H and O–H groups in total. The van der Waals surface area contributed by atoms with Crippen molar-refractivity contribution < 1.29 is 10.2 Å². The first-order valence-corrected chi connectivity index (χ1v) is 20.3. The lowest BCUT2D eigenvalue weighted by Crippen LogP contribution is -2.30. The molecule has 0 spiro atoms. The zero-order valence-corrected chi connectivity index (χ0v) is 31.9. The first-order valence-electron chi connectivity index (χ1n) is 20.3. The monoisotopic (exact) mass is 750 g/mol. The highest BCUT2D eigenvalue weighted by Gasteiger charge is 2.49. The Kier molecular flexibility index (Phi) is 6.42. The van der Waals surface area contributed by atoms with Crippen molar-refractivity contribution in [3.63, 3.8) is 0 Å². The van der Waals surface area contributed by atoms with Gasteiger partial charge in [-0.05, 0) is 145 Å². The number of rotatable bonds is 4. The molecular weight excluding hydrogens is 717 g/mol. The van der Waals surface area contributed by atoms with Crippen molar-refractivity contribution in [2.45, 2.75) is 5.41 Å². The molecule has 0 aromatic heterocycles. The maximum Gasteiger partial charge on any atom is 0.115 e. The van der Waals surface area contributed by atoms with Crippen LogP contribution in [0.15, 0.2) is 194 Å². The molecule has 0 bridgehead atoms. The largest absolute Gasteiger partial charge is 0.508 e. The van der Waals surface area contributed by atoms with Crippen LogP contribution in [-0.4, -0.2) is 10.2 Å². The van der Waals surface area contributed by atoms with E-state index in [2.05, 4.69) is 170 Å². The third kappa shape index (κ3) is 4.25. The molecule has 0 radical (unpaired) electrons. The zero-order chi connectivity index (χ0) is 39.0. The molecule has 0 saturated carbocycles. The fraction of sp³-hybridized carbons (Fsp3) is 0.0175. The second-order valence-electron chi connectivity index (χ2n) is 16.2. The number of phenolic OH excluding ortho intramolecular Hbond substituents is 2. The number of hydrogen-bond donors (Lipinski definition) is 2. The first kappa shape index (κ1) is 32.4. The van der Waals surface area contributed by atoms with E-state index < -0.39 is 5.41 Å². The molecule has 0 aliphatic heterocycles. The summed E-state index contributed by atoms with van der Waals surface area (Å²) in [5.74, 6) is 0.432. The molecule has 0 atom stereocenters. The topological polar surface area (TPSA) is 40.5 Å². The molecule has 1 aliphatic carbocycles. The molecule has 0 unspecified atom stereocenters. The predicted molar refractivity (Wildman–Crippen MR) is 245 cm³/mol. The van der Waals surface area contributed by atoms with Crippen molar-refractivity contribution >= 4 is 64.6 Å². The Bertz CT molecular complexity index is 3390. The summed E-state index contributed by atoms with van der Waals surface area (Å²) in [5.41, 5.74) is 10.6. The summed E-state index contributed by atoms with van der Waals surface area (Å²) in [5, 5.41) is 36.6. The van der Waals surface area contributed by atoms with Gasteiger partial charge in [0.2, 0.25) is 0 Å². The minimum atomic E-state index is -0.854. The lowest BCUT2D eigenvalue weighted by atomic mass is 9.64. The SMILES string of the molecule is Oc1ccc(C2(c3ccc(O)cc3)c3c(cccc3-c3ccc4ccc5cccc6ccc3c4c56)-c3cccc(-c4ccc5ccc6cccc7ccc4c5c67)c32)cc1. The summed E-state index contributed by atoms with van der Waals surface area (Å²) >= 11 is 0. The van der Waals surface area contributed by atoms with E-state index in [1.807, 2.05) is 24.3 Å². The average molecular weight is 751 g/mol. The van der Waals surface area contributed by atoms with Gasteiger partial charge < -0.3 is 10.2 Å². The van der Waals surface area contributed by atoms with Crippen molar-refractivity contribution in [1.82, 2.24) is 0 Å². The Labute approximate surface area is 340 Å². The van der Waals surface area contributed by atoms with E-state index >= 15 is 0 Å². The Morgan fingerprint density at radius 2 is 0.559 bits per heavy atom. The average Bonchev–Trinajstić information content (AvgIpc) is 3.59. The summed E-state index contributed by atoms with van der Waals surface area (Å²) in [6.07, 6.45) is 0. The van der Waals surface area contributed by atoms with E-state index in [0.29, 0.717) is 0 Å². The summed E-state index contributed by atoms with van der Waals surface area (Å²) < 4.78 is 0. The second-order valence-corrected chi connectivity index (χ2v) is 16.2. The van der Waals surface area contributed by atoms with Gasteiger partial charge in [-0.1, -0.05) is 170 Å². The van der Waals surface area contributed by atoms with Gasteiger partial charge in [0.1, 0.15) is 11.5 Å². The van der Waals surface area contributed by atoms with Crippen LogP contribution in [0.3, 0.4) is 0 Å². The lowest BCUT2D eigenvalue weighted by molar-refractivity contribution is 0.475. The van der Waals surface area contributed by atoms with E-state index in [1.165, 1.54) is 98.0 Å². The summed E-state index contributed by atoms with van der Waals surface area (Å²) in [6, 6.07) is 69.6. The number of fused-ring (bicyclic) bond motifs is 3. The molecular formula is C57H34O2. The molecule has 0 fully saturated rings. The molecule has 12 aromatic rings. The highest BCUT2D eigenvalue weighted by Crippen LogP contribution is 2.62. The molecule has 0 saturated heterocycles. The quantitative estimate of drug-likeness (QED) is 0.176. The highest BCUT2D eigenvalue weighted by molar-refractivity contribution is 6.27. The van der Waals surface area contributed by atoms with Crippen molar-refractivity contribution in [1.29, 1.82) is 0 Å². The number of benzene rings is 12. The summed E-state index contributed by atoms with van der Waals surface area (Å²) in [4.78, 5) is 0. The van der Waals surface area contributed by atoms with Crippen LogP contribution in [0.4, 0.5) is 0 Å². The molecule has 2 heteroatoms. The first-order chi connectivity index (χ1) is 29.1. The fourth-order valence-corrected chi connectivity index (χ4v) is 11.0. The van der Waals surface area contributed by atoms with Crippen LogP contribution >= 0.6 is 0 Å². The van der Waals surface area contributed by atoms with E-state index in [9.17, 15) is 10.2 Å². The van der Waals surface area contributed by atoms with Gasteiger partial charge >= 0.3 is 0 Å².